The summed E-state index contributed by atoms with van der Waals surface area (Å²) in [5.41, 5.74) is 0. The summed E-state index contributed by atoms with van der Waals surface area (Å²) in [6.07, 6.45) is 13.4. The number of hydrogen-bond acceptors (Lipinski definition) is 4. The second-order valence-electron chi connectivity index (χ2n) is 6.87. The molecule has 0 spiro atoms. The summed E-state index contributed by atoms with van der Waals surface area (Å²) >= 11 is 0. The van der Waals surface area contributed by atoms with E-state index >= 15 is 0 Å². The van der Waals surface area contributed by atoms with Crippen molar-refractivity contribution in [1.82, 2.24) is 0 Å². The SMILES string of the molecule is CCCCCCCCCCCC(CCCCC(C)O)S(=O)(=O)[O-].[K+]. The van der Waals surface area contributed by atoms with Crippen molar-refractivity contribution in [3.8, 4) is 0 Å². The van der Waals surface area contributed by atoms with E-state index < -0.39 is 15.4 Å². The third-order valence-electron chi connectivity index (χ3n) is 4.44. The van der Waals surface area contributed by atoms with Gasteiger partial charge in [-0.25, -0.2) is 8.42 Å². The fourth-order valence-electron chi connectivity index (χ4n) is 2.93. The molecule has 0 fully saturated rings. The van der Waals surface area contributed by atoms with Crippen molar-refractivity contribution in [3.63, 3.8) is 0 Å². The van der Waals surface area contributed by atoms with E-state index in [1.807, 2.05) is 0 Å². The van der Waals surface area contributed by atoms with Crippen molar-refractivity contribution in [1.29, 1.82) is 0 Å². The van der Waals surface area contributed by atoms with Crippen LogP contribution in [0.15, 0.2) is 0 Å². The molecule has 140 valence electrons. The van der Waals surface area contributed by atoms with Gasteiger partial charge >= 0.3 is 51.4 Å². The van der Waals surface area contributed by atoms with Gasteiger partial charge in [0.25, 0.3) is 0 Å². The molecule has 0 heterocycles. The first-order valence-electron chi connectivity index (χ1n) is 9.50. The second-order valence-corrected chi connectivity index (χ2v) is 8.52. The van der Waals surface area contributed by atoms with Crippen molar-refractivity contribution < 1.29 is 69.5 Å². The standard InChI is InChI=1S/C18H38O4S.K/c1-3-4-5-6-7-8-9-10-11-15-18(23(20,21)22)16-13-12-14-17(2)19;/h17-19H,3-16H2,1-2H3,(H,20,21,22);/q;+1/p-1. The number of aliphatic hydroxyl groups is 1. The van der Waals surface area contributed by atoms with E-state index in [2.05, 4.69) is 6.92 Å². The number of rotatable bonds is 16. The van der Waals surface area contributed by atoms with E-state index in [0.717, 1.165) is 25.7 Å². The first-order chi connectivity index (χ1) is 10.9. The van der Waals surface area contributed by atoms with Crippen LogP contribution in [0.1, 0.15) is 104 Å². The van der Waals surface area contributed by atoms with Crippen LogP contribution in [0, 0.1) is 0 Å². The molecular weight excluding hydrogens is 351 g/mol. The summed E-state index contributed by atoms with van der Waals surface area (Å²) in [5, 5.41) is 8.45. The fourth-order valence-corrected chi connectivity index (χ4v) is 3.84. The van der Waals surface area contributed by atoms with Crippen LogP contribution in [-0.2, 0) is 10.1 Å². The van der Waals surface area contributed by atoms with Crippen molar-refractivity contribution in [2.24, 2.45) is 0 Å². The van der Waals surface area contributed by atoms with Gasteiger partial charge in [0.1, 0.15) is 0 Å². The van der Waals surface area contributed by atoms with Gasteiger partial charge in [0.05, 0.1) is 16.2 Å². The smallest absolute Gasteiger partial charge is 0.748 e. The van der Waals surface area contributed by atoms with Gasteiger partial charge in [-0.15, -0.1) is 0 Å². The van der Waals surface area contributed by atoms with E-state index in [0.29, 0.717) is 25.7 Å². The summed E-state index contributed by atoms with van der Waals surface area (Å²) in [7, 11) is -4.19. The zero-order chi connectivity index (χ0) is 17.6. The number of aliphatic hydroxyl groups excluding tert-OH is 1. The van der Waals surface area contributed by atoms with Crippen LogP contribution in [0.2, 0.25) is 0 Å². The van der Waals surface area contributed by atoms with Gasteiger partial charge < -0.3 is 9.66 Å². The predicted molar refractivity (Wildman–Crippen MR) is 95.5 cm³/mol. The topological polar surface area (TPSA) is 77.4 Å². The molecular formula is C18H37KO4S. The molecule has 6 heteroatoms. The van der Waals surface area contributed by atoms with Gasteiger partial charge in [0, 0.05) is 5.25 Å². The zero-order valence-corrected chi connectivity index (χ0v) is 20.1. The first kappa shape index (κ1) is 27.7. The van der Waals surface area contributed by atoms with Crippen LogP contribution < -0.4 is 51.4 Å². The largest absolute Gasteiger partial charge is 1.00 e. The molecule has 0 bridgehead atoms. The molecule has 0 aliphatic carbocycles. The number of unbranched alkanes of at least 4 members (excludes halogenated alkanes) is 9. The van der Waals surface area contributed by atoms with Crippen molar-refractivity contribution in [2.45, 2.75) is 115 Å². The molecule has 0 saturated heterocycles. The average molecular weight is 389 g/mol. The van der Waals surface area contributed by atoms with Crippen LogP contribution in [0.4, 0.5) is 0 Å². The van der Waals surface area contributed by atoms with Crippen LogP contribution in [0.3, 0.4) is 0 Å². The molecule has 0 saturated carbocycles. The van der Waals surface area contributed by atoms with Gasteiger partial charge in [-0.2, -0.15) is 0 Å². The molecule has 0 radical (unpaired) electrons. The summed E-state index contributed by atoms with van der Waals surface area (Å²) in [6, 6.07) is 0. The van der Waals surface area contributed by atoms with E-state index in [1.54, 1.807) is 6.92 Å². The molecule has 0 rings (SSSR count). The molecule has 0 aliphatic heterocycles. The van der Waals surface area contributed by atoms with Gasteiger partial charge in [-0.1, -0.05) is 77.6 Å². The number of hydrogen-bond donors (Lipinski definition) is 1. The Hall–Kier alpha value is 1.51. The monoisotopic (exact) mass is 388 g/mol. The Morgan fingerprint density at radius 2 is 1.17 bits per heavy atom. The molecule has 1 N–H and O–H groups in total. The van der Waals surface area contributed by atoms with Gasteiger partial charge in [0.15, 0.2) is 0 Å². The molecule has 0 aromatic carbocycles. The molecule has 4 nitrogen and oxygen atoms in total. The van der Waals surface area contributed by atoms with Gasteiger partial charge in [-0.3, -0.25) is 0 Å². The average Bonchev–Trinajstić information content (AvgIpc) is 2.46. The minimum atomic E-state index is -4.19. The molecule has 0 amide bonds. The summed E-state index contributed by atoms with van der Waals surface area (Å²) in [4.78, 5) is 0. The van der Waals surface area contributed by atoms with Crippen LogP contribution in [0.25, 0.3) is 0 Å². The van der Waals surface area contributed by atoms with Gasteiger partial charge in [0.2, 0.25) is 0 Å². The van der Waals surface area contributed by atoms with Gasteiger partial charge in [-0.05, 0) is 26.2 Å². The predicted octanol–water partition coefficient (Wildman–Crippen LogP) is 1.77. The summed E-state index contributed by atoms with van der Waals surface area (Å²) in [6.45, 7) is 3.94. The maximum Gasteiger partial charge on any atom is 1.00 e. The van der Waals surface area contributed by atoms with Crippen molar-refractivity contribution in [2.75, 3.05) is 0 Å². The Bertz CT molecular complexity index is 358. The van der Waals surface area contributed by atoms with Crippen molar-refractivity contribution >= 4 is 10.1 Å². The molecule has 0 aromatic heterocycles. The maximum absolute atomic E-state index is 11.3. The zero-order valence-electron chi connectivity index (χ0n) is 16.1. The Morgan fingerprint density at radius 3 is 1.58 bits per heavy atom. The molecule has 24 heavy (non-hydrogen) atoms. The second kappa shape index (κ2) is 17.9. The Labute approximate surface area is 192 Å². The summed E-state index contributed by atoms with van der Waals surface area (Å²) in [5.74, 6) is 0. The quantitative estimate of drug-likeness (QED) is 0.248. The Morgan fingerprint density at radius 1 is 0.792 bits per heavy atom. The van der Waals surface area contributed by atoms with E-state index in [4.69, 9.17) is 0 Å². The van der Waals surface area contributed by atoms with Crippen molar-refractivity contribution in [3.05, 3.63) is 0 Å². The van der Waals surface area contributed by atoms with Crippen LogP contribution in [0.5, 0.6) is 0 Å². The Balaban J connectivity index is 0. The van der Waals surface area contributed by atoms with E-state index in [-0.39, 0.29) is 57.5 Å². The third kappa shape index (κ3) is 18.3. The van der Waals surface area contributed by atoms with E-state index in [1.165, 1.54) is 38.5 Å². The normalized spacial score (nSPS) is 14.2. The maximum atomic E-state index is 11.3. The fraction of sp³-hybridized carbons (Fsp3) is 1.00. The van der Waals surface area contributed by atoms with Crippen LogP contribution >= 0.6 is 0 Å². The first-order valence-corrected chi connectivity index (χ1v) is 11.0. The molecule has 2 unspecified atom stereocenters. The van der Waals surface area contributed by atoms with E-state index in [9.17, 15) is 18.1 Å². The third-order valence-corrected chi connectivity index (χ3v) is 5.72. The Kier molecular flexibility index (Phi) is 20.7. The molecule has 0 aliphatic rings. The molecule has 0 aromatic rings. The van der Waals surface area contributed by atoms with Crippen LogP contribution in [-0.4, -0.2) is 29.4 Å². The summed E-state index contributed by atoms with van der Waals surface area (Å²) < 4.78 is 34.0. The minimum Gasteiger partial charge on any atom is -0.748 e. The molecule has 2 atom stereocenters. The minimum absolute atomic E-state index is 0.